The lowest BCUT2D eigenvalue weighted by molar-refractivity contribution is -0.141. The van der Waals surface area contributed by atoms with Gasteiger partial charge in [-0.1, -0.05) is 0 Å². The van der Waals surface area contributed by atoms with Gasteiger partial charge < -0.3 is 10.2 Å². The predicted octanol–water partition coefficient (Wildman–Crippen LogP) is 0.306. The van der Waals surface area contributed by atoms with Crippen LogP contribution in [0.1, 0.15) is 25.7 Å². The van der Waals surface area contributed by atoms with Crippen molar-refractivity contribution in [3.63, 3.8) is 0 Å². The Balaban J connectivity index is 1.91. The molecule has 1 saturated carbocycles. The fourth-order valence-electron chi connectivity index (χ4n) is 2.64. The molecule has 2 N–H and O–H groups in total. The zero-order valence-corrected chi connectivity index (χ0v) is 8.22. The van der Waals surface area contributed by atoms with Crippen LogP contribution in [0.2, 0.25) is 0 Å². The van der Waals surface area contributed by atoms with Gasteiger partial charge in [-0.3, -0.25) is 9.69 Å². The molecule has 3 atom stereocenters. The monoisotopic (exact) mass is 199 g/mol. The predicted molar refractivity (Wildman–Crippen MR) is 51.0 cm³/mol. The summed E-state index contributed by atoms with van der Waals surface area (Å²) < 4.78 is 0. The van der Waals surface area contributed by atoms with Crippen molar-refractivity contribution in [1.82, 2.24) is 4.90 Å². The van der Waals surface area contributed by atoms with Gasteiger partial charge in [0, 0.05) is 12.6 Å². The van der Waals surface area contributed by atoms with Crippen LogP contribution in [0.15, 0.2) is 0 Å². The first-order valence-electron chi connectivity index (χ1n) is 5.33. The standard InChI is InChI=1S/C10H17NO3/c12-9-3-1-2-8(9)11-5-4-7(6-11)10(13)14/h7-9,12H,1-6H2,(H,13,14). The summed E-state index contributed by atoms with van der Waals surface area (Å²) in [5.74, 6) is -0.914. The number of likely N-dealkylation sites (tertiary alicyclic amines) is 1. The molecule has 80 valence electrons. The van der Waals surface area contributed by atoms with Gasteiger partial charge in [-0.25, -0.2) is 0 Å². The second-order valence-corrected chi connectivity index (χ2v) is 4.38. The van der Waals surface area contributed by atoms with Crippen LogP contribution >= 0.6 is 0 Å². The molecule has 0 aromatic heterocycles. The molecule has 0 radical (unpaired) electrons. The number of hydrogen-bond acceptors (Lipinski definition) is 3. The van der Waals surface area contributed by atoms with Crippen molar-refractivity contribution in [1.29, 1.82) is 0 Å². The first kappa shape index (κ1) is 9.93. The maximum atomic E-state index is 10.8. The van der Waals surface area contributed by atoms with Gasteiger partial charge >= 0.3 is 5.97 Å². The SMILES string of the molecule is O=C(O)C1CCN(C2CCCC2O)C1. The van der Waals surface area contributed by atoms with Gasteiger partial charge in [0.25, 0.3) is 0 Å². The van der Waals surface area contributed by atoms with Crippen molar-refractivity contribution in [2.24, 2.45) is 5.92 Å². The molecule has 0 spiro atoms. The molecule has 3 unspecified atom stereocenters. The van der Waals surface area contributed by atoms with Gasteiger partial charge in [0.1, 0.15) is 0 Å². The quantitative estimate of drug-likeness (QED) is 0.671. The highest BCUT2D eigenvalue weighted by Crippen LogP contribution is 2.28. The topological polar surface area (TPSA) is 60.8 Å². The number of nitrogens with zero attached hydrogens (tertiary/aromatic N) is 1. The number of aliphatic hydroxyl groups is 1. The van der Waals surface area contributed by atoms with Crippen LogP contribution in [0.25, 0.3) is 0 Å². The Morgan fingerprint density at radius 2 is 2.07 bits per heavy atom. The Morgan fingerprint density at radius 1 is 1.29 bits per heavy atom. The van der Waals surface area contributed by atoms with Crippen LogP contribution in [0.4, 0.5) is 0 Å². The van der Waals surface area contributed by atoms with Crippen molar-refractivity contribution in [2.45, 2.75) is 37.8 Å². The Hall–Kier alpha value is -0.610. The van der Waals surface area contributed by atoms with Crippen molar-refractivity contribution in [3.05, 3.63) is 0 Å². The molecule has 0 amide bonds. The van der Waals surface area contributed by atoms with Gasteiger partial charge in [-0.2, -0.15) is 0 Å². The van der Waals surface area contributed by atoms with Crippen LogP contribution in [-0.2, 0) is 4.79 Å². The maximum absolute atomic E-state index is 10.8. The summed E-state index contributed by atoms with van der Waals surface area (Å²) in [6.45, 7) is 1.45. The molecule has 2 rings (SSSR count). The molecule has 4 nitrogen and oxygen atoms in total. The first-order chi connectivity index (χ1) is 6.68. The first-order valence-corrected chi connectivity index (χ1v) is 5.33. The lowest BCUT2D eigenvalue weighted by Gasteiger charge is -2.26. The molecule has 0 bridgehead atoms. The normalized spacial score (nSPS) is 39.1. The average Bonchev–Trinajstić information content (AvgIpc) is 2.71. The van der Waals surface area contributed by atoms with E-state index in [1.54, 1.807) is 0 Å². The highest BCUT2D eigenvalue weighted by Gasteiger charge is 2.37. The molecular weight excluding hydrogens is 182 g/mol. The van der Waals surface area contributed by atoms with Gasteiger partial charge in [0.05, 0.1) is 12.0 Å². The van der Waals surface area contributed by atoms with E-state index < -0.39 is 5.97 Å². The van der Waals surface area contributed by atoms with Crippen LogP contribution in [0, 0.1) is 5.92 Å². The second kappa shape index (κ2) is 3.87. The summed E-state index contributed by atoms with van der Waals surface area (Å²) in [6, 6.07) is 0.222. The molecule has 1 aliphatic carbocycles. The third-order valence-corrected chi connectivity index (χ3v) is 3.48. The molecule has 2 aliphatic rings. The van der Waals surface area contributed by atoms with E-state index in [9.17, 15) is 9.90 Å². The highest BCUT2D eigenvalue weighted by atomic mass is 16.4. The molecule has 0 aromatic carbocycles. The smallest absolute Gasteiger partial charge is 0.307 e. The summed E-state index contributed by atoms with van der Waals surface area (Å²) in [5, 5.41) is 18.5. The fraction of sp³-hybridized carbons (Fsp3) is 0.900. The number of rotatable bonds is 2. The largest absolute Gasteiger partial charge is 0.481 e. The molecule has 1 saturated heterocycles. The summed E-state index contributed by atoms with van der Waals surface area (Å²) >= 11 is 0. The minimum Gasteiger partial charge on any atom is -0.481 e. The lowest BCUT2D eigenvalue weighted by atomic mass is 10.1. The Morgan fingerprint density at radius 3 is 2.57 bits per heavy atom. The fourth-order valence-corrected chi connectivity index (χ4v) is 2.64. The highest BCUT2D eigenvalue weighted by molar-refractivity contribution is 5.70. The Kier molecular flexibility index (Phi) is 2.74. The minimum atomic E-state index is -0.694. The molecule has 14 heavy (non-hydrogen) atoms. The average molecular weight is 199 g/mol. The Bertz CT molecular complexity index is 231. The summed E-state index contributed by atoms with van der Waals surface area (Å²) in [7, 11) is 0. The van der Waals surface area contributed by atoms with E-state index in [1.807, 2.05) is 0 Å². The number of carboxylic acid groups (broad SMARTS) is 1. The number of carbonyl (C=O) groups is 1. The van der Waals surface area contributed by atoms with Gasteiger partial charge in [0.15, 0.2) is 0 Å². The summed E-state index contributed by atoms with van der Waals surface area (Å²) in [6.07, 6.45) is 3.47. The summed E-state index contributed by atoms with van der Waals surface area (Å²) in [5.41, 5.74) is 0. The van der Waals surface area contributed by atoms with Crippen LogP contribution < -0.4 is 0 Å². The van der Waals surface area contributed by atoms with E-state index in [0.717, 1.165) is 32.2 Å². The van der Waals surface area contributed by atoms with Crippen LogP contribution in [0.3, 0.4) is 0 Å². The van der Waals surface area contributed by atoms with Crippen LogP contribution in [-0.4, -0.2) is 46.3 Å². The molecule has 1 aliphatic heterocycles. The van der Waals surface area contributed by atoms with Crippen molar-refractivity contribution < 1.29 is 15.0 Å². The molecule has 1 heterocycles. The third kappa shape index (κ3) is 1.77. The maximum Gasteiger partial charge on any atom is 0.307 e. The van der Waals surface area contributed by atoms with Gasteiger partial charge in [-0.05, 0) is 32.2 Å². The van der Waals surface area contributed by atoms with E-state index in [2.05, 4.69) is 4.90 Å². The number of aliphatic hydroxyl groups excluding tert-OH is 1. The Labute approximate surface area is 83.5 Å². The lowest BCUT2D eigenvalue weighted by Crippen LogP contribution is -2.39. The zero-order valence-electron chi connectivity index (χ0n) is 8.22. The van der Waals surface area contributed by atoms with Crippen molar-refractivity contribution in [3.8, 4) is 0 Å². The van der Waals surface area contributed by atoms with Crippen LogP contribution in [0.5, 0.6) is 0 Å². The molecule has 0 aromatic rings. The van der Waals surface area contributed by atoms with E-state index in [4.69, 9.17) is 5.11 Å². The molecule has 2 fully saturated rings. The second-order valence-electron chi connectivity index (χ2n) is 4.38. The minimum absolute atomic E-state index is 0.220. The van der Waals surface area contributed by atoms with E-state index >= 15 is 0 Å². The third-order valence-electron chi connectivity index (χ3n) is 3.48. The van der Waals surface area contributed by atoms with E-state index in [0.29, 0.717) is 6.54 Å². The van der Waals surface area contributed by atoms with E-state index in [1.165, 1.54) is 0 Å². The number of carboxylic acids is 1. The van der Waals surface area contributed by atoms with Crippen molar-refractivity contribution >= 4 is 5.97 Å². The van der Waals surface area contributed by atoms with Gasteiger partial charge in [-0.15, -0.1) is 0 Å². The molecule has 4 heteroatoms. The molecular formula is C10H17NO3. The zero-order chi connectivity index (χ0) is 10.1. The summed E-state index contributed by atoms with van der Waals surface area (Å²) in [4.78, 5) is 12.9. The van der Waals surface area contributed by atoms with E-state index in [-0.39, 0.29) is 18.1 Å². The number of aliphatic carboxylic acids is 1. The number of hydrogen-bond donors (Lipinski definition) is 2. The van der Waals surface area contributed by atoms with Crippen molar-refractivity contribution in [2.75, 3.05) is 13.1 Å². The van der Waals surface area contributed by atoms with Gasteiger partial charge in [0.2, 0.25) is 0 Å².